The van der Waals surface area contributed by atoms with Gasteiger partial charge in [0.1, 0.15) is 0 Å². The molecule has 1 aliphatic heterocycles. The van der Waals surface area contributed by atoms with Crippen molar-refractivity contribution in [3.8, 4) is 0 Å². The van der Waals surface area contributed by atoms with Gasteiger partial charge in [0.2, 0.25) is 0 Å². The van der Waals surface area contributed by atoms with Crippen LogP contribution in [0.25, 0.3) is 0 Å². The Balaban J connectivity index is 2.35. The van der Waals surface area contributed by atoms with E-state index in [1.54, 1.807) is 0 Å². The lowest BCUT2D eigenvalue weighted by Gasteiger charge is -2.15. The number of ether oxygens (including phenoxy) is 1. The zero-order valence-corrected chi connectivity index (χ0v) is 11.1. The number of methoxy groups -OCH3 is 1. The Morgan fingerprint density at radius 2 is 1.65 bits per heavy atom. The van der Waals surface area contributed by atoms with Gasteiger partial charge in [0.25, 0.3) is 17.9 Å². The van der Waals surface area contributed by atoms with Crippen molar-refractivity contribution in [1.29, 1.82) is 0 Å². The fraction of sp³-hybridized carbons (Fsp3) is 0.636. The van der Waals surface area contributed by atoms with Crippen LogP contribution < -0.4 is 0 Å². The van der Waals surface area contributed by atoms with E-state index in [4.69, 9.17) is 4.65 Å². The Morgan fingerprint density at radius 3 is 2.20 bits per heavy atom. The van der Waals surface area contributed by atoms with Crippen molar-refractivity contribution in [2.45, 2.75) is 38.5 Å². The van der Waals surface area contributed by atoms with Crippen molar-refractivity contribution < 1.29 is 37.9 Å². The van der Waals surface area contributed by atoms with Crippen LogP contribution in [0.15, 0.2) is 0 Å². The van der Waals surface area contributed by atoms with Crippen molar-refractivity contribution in [2.24, 2.45) is 0 Å². The highest BCUT2D eigenvalue weighted by Crippen LogP contribution is 2.09. The Bertz CT molecular complexity index is 376. The predicted molar refractivity (Wildman–Crippen MR) is 63.7 cm³/mol. The summed E-state index contributed by atoms with van der Waals surface area (Å²) in [7, 11) is -0.408. The molecular formula is C11H15BO8. The second kappa shape index (κ2) is 8.18. The normalized spacial score (nSPS) is 15.6. The van der Waals surface area contributed by atoms with Gasteiger partial charge in [-0.3, -0.25) is 19.2 Å². The molecule has 0 N–H and O–H groups in total. The maximum absolute atomic E-state index is 11.4. The number of hydrogen-bond acceptors (Lipinski definition) is 8. The molecule has 0 spiro atoms. The van der Waals surface area contributed by atoms with Crippen LogP contribution in [0.2, 0.25) is 0 Å². The molecule has 0 atom stereocenters. The summed E-state index contributed by atoms with van der Waals surface area (Å²) in [5.41, 5.74) is 0. The summed E-state index contributed by atoms with van der Waals surface area (Å²) in [6.07, 6.45) is 0.658. The number of hydrogen-bond donors (Lipinski definition) is 0. The summed E-state index contributed by atoms with van der Waals surface area (Å²) in [5.74, 6) is -2.39. The first-order valence-corrected chi connectivity index (χ1v) is 6.16. The summed E-state index contributed by atoms with van der Waals surface area (Å²) in [6.45, 7) is 0. The fourth-order valence-electron chi connectivity index (χ4n) is 1.43. The molecule has 9 heteroatoms. The third-order valence-electron chi connectivity index (χ3n) is 2.43. The number of carbonyl (C=O) groups excluding carboxylic acids is 4. The van der Waals surface area contributed by atoms with Gasteiger partial charge in [0, 0.05) is 25.7 Å². The number of esters is 1. The molecule has 1 aliphatic rings. The van der Waals surface area contributed by atoms with Gasteiger partial charge in [0.05, 0.1) is 7.11 Å². The average Bonchev–Trinajstić information content (AvgIpc) is 2.36. The van der Waals surface area contributed by atoms with Crippen molar-refractivity contribution >= 4 is 31.2 Å². The van der Waals surface area contributed by atoms with Crippen molar-refractivity contribution in [3.05, 3.63) is 0 Å². The molecule has 20 heavy (non-hydrogen) atoms. The van der Waals surface area contributed by atoms with Crippen molar-refractivity contribution in [3.63, 3.8) is 0 Å². The van der Waals surface area contributed by atoms with Gasteiger partial charge in [-0.15, -0.1) is 0 Å². The van der Waals surface area contributed by atoms with Gasteiger partial charge in [-0.2, -0.15) is 0 Å². The molecule has 1 fully saturated rings. The van der Waals surface area contributed by atoms with E-state index in [1.165, 1.54) is 7.11 Å². The van der Waals surface area contributed by atoms with E-state index in [1.807, 2.05) is 0 Å². The Morgan fingerprint density at radius 1 is 1.10 bits per heavy atom. The lowest BCUT2D eigenvalue weighted by Crippen LogP contribution is -2.36. The summed E-state index contributed by atoms with van der Waals surface area (Å²) < 4.78 is 18.4. The smallest absolute Gasteiger partial charge is 0.469 e. The van der Waals surface area contributed by atoms with E-state index in [2.05, 4.69) is 14.0 Å². The van der Waals surface area contributed by atoms with E-state index in [9.17, 15) is 19.2 Å². The second-order valence-electron chi connectivity index (χ2n) is 4.04. The molecule has 0 aliphatic carbocycles. The van der Waals surface area contributed by atoms with Crippen LogP contribution >= 0.6 is 0 Å². The second-order valence-corrected chi connectivity index (χ2v) is 4.04. The van der Waals surface area contributed by atoms with E-state index in [0.29, 0.717) is 6.42 Å². The molecular weight excluding hydrogens is 271 g/mol. The lowest BCUT2D eigenvalue weighted by molar-refractivity contribution is -0.150. The summed E-state index contributed by atoms with van der Waals surface area (Å²) >= 11 is 0. The van der Waals surface area contributed by atoms with Crippen LogP contribution in [0.4, 0.5) is 0 Å². The van der Waals surface area contributed by atoms with Crippen LogP contribution in [-0.2, 0) is 37.9 Å². The predicted octanol–water partition coefficient (Wildman–Crippen LogP) is 0.128. The van der Waals surface area contributed by atoms with Gasteiger partial charge >= 0.3 is 13.3 Å². The molecule has 1 heterocycles. The minimum absolute atomic E-state index is 0.0610. The molecule has 0 unspecified atom stereocenters. The molecule has 0 saturated carbocycles. The van der Waals surface area contributed by atoms with Gasteiger partial charge in [-0.05, 0) is 12.8 Å². The zero-order valence-electron chi connectivity index (χ0n) is 11.1. The largest absolute Gasteiger partial charge is 0.870 e. The van der Waals surface area contributed by atoms with Gasteiger partial charge in [-0.1, -0.05) is 0 Å². The standard InChI is InChI=1S/C11H15BO8/c1-17-8(13)4-2-5-9(14)18-12-19-10(15)6-3-7-11(16)20-12/h2-7H2,1H3. The Kier molecular flexibility index (Phi) is 6.55. The monoisotopic (exact) mass is 286 g/mol. The highest BCUT2D eigenvalue weighted by Gasteiger charge is 2.37. The van der Waals surface area contributed by atoms with Crippen LogP contribution in [0.5, 0.6) is 0 Å². The van der Waals surface area contributed by atoms with Crippen LogP contribution in [-0.4, -0.2) is 38.3 Å². The Labute approximate surface area is 115 Å². The highest BCUT2D eigenvalue weighted by atomic mass is 16.8. The number of rotatable bonds is 5. The van der Waals surface area contributed by atoms with Crippen LogP contribution in [0.1, 0.15) is 38.5 Å². The topological polar surface area (TPSA) is 105 Å². The SMILES string of the molecule is COC(=O)CCCC(=O)OB1OC(=O)CCCC(=O)O1. The first kappa shape index (κ1) is 16.0. The van der Waals surface area contributed by atoms with Crippen LogP contribution in [0.3, 0.4) is 0 Å². The maximum Gasteiger partial charge on any atom is 0.870 e. The Hall–Kier alpha value is -2.06. The van der Waals surface area contributed by atoms with Crippen molar-refractivity contribution in [1.82, 2.24) is 0 Å². The summed E-state index contributed by atoms with van der Waals surface area (Å²) in [6, 6.07) is 0. The first-order chi connectivity index (χ1) is 9.51. The zero-order chi connectivity index (χ0) is 15.0. The van der Waals surface area contributed by atoms with E-state index in [-0.39, 0.29) is 32.1 Å². The molecule has 0 bridgehead atoms. The molecule has 110 valence electrons. The van der Waals surface area contributed by atoms with Crippen LogP contribution in [0, 0.1) is 0 Å². The fourth-order valence-corrected chi connectivity index (χ4v) is 1.43. The number of carbonyl (C=O) groups is 4. The molecule has 0 amide bonds. The van der Waals surface area contributed by atoms with E-state index < -0.39 is 31.2 Å². The summed E-state index contributed by atoms with van der Waals surface area (Å²) in [4.78, 5) is 44.7. The molecule has 0 radical (unpaired) electrons. The summed E-state index contributed by atoms with van der Waals surface area (Å²) in [5, 5.41) is 0. The third kappa shape index (κ3) is 6.21. The third-order valence-corrected chi connectivity index (χ3v) is 2.43. The average molecular weight is 286 g/mol. The molecule has 0 aromatic heterocycles. The quantitative estimate of drug-likeness (QED) is 0.518. The van der Waals surface area contributed by atoms with Gasteiger partial charge in [-0.25, -0.2) is 0 Å². The maximum atomic E-state index is 11.4. The minimum Gasteiger partial charge on any atom is -0.469 e. The molecule has 8 nitrogen and oxygen atoms in total. The first-order valence-electron chi connectivity index (χ1n) is 6.16. The molecule has 1 saturated heterocycles. The molecule has 1 rings (SSSR count). The van der Waals surface area contributed by atoms with Gasteiger partial charge < -0.3 is 18.7 Å². The van der Waals surface area contributed by atoms with E-state index >= 15 is 0 Å². The molecule has 0 aromatic rings. The van der Waals surface area contributed by atoms with Crippen molar-refractivity contribution in [2.75, 3.05) is 7.11 Å². The molecule has 0 aromatic carbocycles. The van der Waals surface area contributed by atoms with Gasteiger partial charge in [0.15, 0.2) is 0 Å². The lowest BCUT2D eigenvalue weighted by atomic mass is 10.1. The minimum atomic E-state index is -1.65. The highest BCUT2D eigenvalue weighted by molar-refractivity contribution is 6.44. The van der Waals surface area contributed by atoms with E-state index in [0.717, 1.165) is 0 Å².